The number of nitrogens with two attached hydrogens (primary N) is 1. The molecule has 0 saturated carbocycles. The van der Waals surface area contributed by atoms with Gasteiger partial charge in [0.15, 0.2) is 0 Å². The largest absolute Gasteiger partial charge is 0.497 e. The summed E-state index contributed by atoms with van der Waals surface area (Å²) in [4.78, 5) is 2.51. The van der Waals surface area contributed by atoms with Gasteiger partial charge in [-0.1, -0.05) is 12.1 Å². The third kappa shape index (κ3) is 2.61. The van der Waals surface area contributed by atoms with Crippen LogP contribution in [0.4, 0.5) is 0 Å². The molecule has 0 aliphatic carbocycles. The molecule has 2 rings (SSSR count). The third-order valence-electron chi connectivity index (χ3n) is 3.77. The summed E-state index contributed by atoms with van der Waals surface area (Å²) in [5, 5.41) is 0. The van der Waals surface area contributed by atoms with E-state index in [9.17, 15) is 0 Å². The van der Waals surface area contributed by atoms with Crippen LogP contribution in [0.5, 0.6) is 5.75 Å². The Balaban J connectivity index is 2.15. The second kappa shape index (κ2) is 5.52. The molecule has 0 aromatic heterocycles. The standard InChI is InChI=1S/C14H22N2O/c1-11(16-8-4-6-13(16)10-15)12-5-3-7-14(9-12)17-2/h3,5,7,9,11,13H,4,6,8,10,15H2,1-2H3. The van der Waals surface area contributed by atoms with Crippen molar-refractivity contribution < 1.29 is 4.74 Å². The molecule has 2 atom stereocenters. The van der Waals surface area contributed by atoms with Crippen LogP contribution in [0.25, 0.3) is 0 Å². The van der Waals surface area contributed by atoms with Crippen molar-refractivity contribution in [1.82, 2.24) is 4.90 Å². The lowest BCUT2D eigenvalue weighted by Crippen LogP contribution is -2.37. The molecule has 1 aliphatic rings. The highest BCUT2D eigenvalue weighted by Crippen LogP contribution is 2.30. The zero-order chi connectivity index (χ0) is 12.3. The minimum Gasteiger partial charge on any atom is -0.497 e. The van der Waals surface area contributed by atoms with Crippen molar-refractivity contribution >= 4 is 0 Å². The maximum Gasteiger partial charge on any atom is 0.119 e. The Morgan fingerprint density at radius 2 is 2.35 bits per heavy atom. The molecule has 1 aromatic rings. The van der Waals surface area contributed by atoms with Crippen molar-refractivity contribution in [3.63, 3.8) is 0 Å². The normalized spacial score (nSPS) is 22.6. The minimum atomic E-state index is 0.418. The first kappa shape index (κ1) is 12.4. The summed E-state index contributed by atoms with van der Waals surface area (Å²) in [6.07, 6.45) is 2.49. The summed E-state index contributed by atoms with van der Waals surface area (Å²) in [7, 11) is 1.71. The molecule has 0 amide bonds. The molecule has 94 valence electrons. The van der Waals surface area contributed by atoms with Crippen LogP contribution in [0.15, 0.2) is 24.3 Å². The summed E-state index contributed by atoms with van der Waals surface area (Å²) in [6.45, 7) is 4.16. The Morgan fingerprint density at radius 1 is 1.53 bits per heavy atom. The SMILES string of the molecule is COc1cccc(C(C)N2CCCC2CN)c1. The van der Waals surface area contributed by atoms with Crippen LogP contribution in [0, 0.1) is 0 Å². The van der Waals surface area contributed by atoms with Crippen LogP contribution in [0.3, 0.4) is 0 Å². The summed E-state index contributed by atoms with van der Waals surface area (Å²) >= 11 is 0. The summed E-state index contributed by atoms with van der Waals surface area (Å²) < 4.78 is 5.28. The van der Waals surface area contributed by atoms with Gasteiger partial charge in [0, 0.05) is 18.6 Å². The molecule has 0 spiro atoms. The number of benzene rings is 1. The smallest absolute Gasteiger partial charge is 0.119 e. The van der Waals surface area contributed by atoms with E-state index in [-0.39, 0.29) is 0 Å². The molecular formula is C14H22N2O. The van der Waals surface area contributed by atoms with E-state index in [4.69, 9.17) is 10.5 Å². The predicted molar refractivity (Wildman–Crippen MR) is 70.2 cm³/mol. The topological polar surface area (TPSA) is 38.5 Å². The number of nitrogens with zero attached hydrogens (tertiary/aromatic N) is 1. The maximum absolute atomic E-state index is 5.83. The predicted octanol–water partition coefficient (Wildman–Crippen LogP) is 2.18. The third-order valence-corrected chi connectivity index (χ3v) is 3.77. The lowest BCUT2D eigenvalue weighted by Gasteiger charge is -2.30. The quantitative estimate of drug-likeness (QED) is 0.868. The van der Waals surface area contributed by atoms with Crippen LogP contribution < -0.4 is 10.5 Å². The number of rotatable bonds is 4. The molecule has 1 heterocycles. The Labute approximate surface area is 104 Å². The first-order valence-electron chi connectivity index (χ1n) is 6.36. The van der Waals surface area contributed by atoms with Crippen molar-refractivity contribution in [3.8, 4) is 5.75 Å². The number of ether oxygens (including phenoxy) is 1. The average Bonchev–Trinajstić information content (AvgIpc) is 2.86. The van der Waals surface area contributed by atoms with Crippen LogP contribution in [0.2, 0.25) is 0 Å². The highest BCUT2D eigenvalue weighted by atomic mass is 16.5. The van der Waals surface area contributed by atoms with E-state index in [0.29, 0.717) is 12.1 Å². The molecular weight excluding hydrogens is 212 g/mol. The monoisotopic (exact) mass is 234 g/mol. The van der Waals surface area contributed by atoms with E-state index in [1.165, 1.54) is 18.4 Å². The van der Waals surface area contributed by atoms with E-state index >= 15 is 0 Å². The molecule has 3 heteroatoms. The van der Waals surface area contributed by atoms with E-state index in [2.05, 4.69) is 30.0 Å². The van der Waals surface area contributed by atoms with Crippen molar-refractivity contribution in [3.05, 3.63) is 29.8 Å². The highest BCUT2D eigenvalue weighted by molar-refractivity contribution is 5.30. The first-order chi connectivity index (χ1) is 8.26. The number of hydrogen-bond acceptors (Lipinski definition) is 3. The van der Waals surface area contributed by atoms with Crippen LogP contribution in [-0.4, -0.2) is 31.1 Å². The minimum absolute atomic E-state index is 0.418. The Morgan fingerprint density at radius 3 is 3.06 bits per heavy atom. The van der Waals surface area contributed by atoms with Gasteiger partial charge in [0.1, 0.15) is 5.75 Å². The number of hydrogen-bond donors (Lipinski definition) is 1. The molecule has 17 heavy (non-hydrogen) atoms. The van der Waals surface area contributed by atoms with Gasteiger partial charge in [-0.15, -0.1) is 0 Å². The van der Waals surface area contributed by atoms with Crippen molar-refractivity contribution in [2.24, 2.45) is 5.73 Å². The zero-order valence-corrected chi connectivity index (χ0v) is 10.7. The van der Waals surface area contributed by atoms with Gasteiger partial charge in [-0.3, -0.25) is 4.90 Å². The number of methoxy groups -OCH3 is 1. The van der Waals surface area contributed by atoms with Crippen molar-refractivity contribution in [2.75, 3.05) is 20.2 Å². The molecule has 1 saturated heterocycles. The fourth-order valence-electron chi connectivity index (χ4n) is 2.71. The van der Waals surface area contributed by atoms with Gasteiger partial charge in [-0.25, -0.2) is 0 Å². The second-order valence-corrected chi connectivity index (χ2v) is 4.72. The van der Waals surface area contributed by atoms with E-state index in [1.807, 2.05) is 6.07 Å². The lowest BCUT2D eigenvalue weighted by molar-refractivity contribution is 0.196. The Kier molecular flexibility index (Phi) is 4.02. The highest BCUT2D eigenvalue weighted by Gasteiger charge is 2.28. The fraction of sp³-hybridized carbons (Fsp3) is 0.571. The summed E-state index contributed by atoms with van der Waals surface area (Å²) in [5.41, 5.74) is 7.14. The van der Waals surface area contributed by atoms with Gasteiger partial charge in [0.2, 0.25) is 0 Å². The molecule has 2 N–H and O–H groups in total. The molecule has 1 aliphatic heterocycles. The van der Waals surface area contributed by atoms with Gasteiger partial charge >= 0.3 is 0 Å². The van der Waals surface area contributed by atoms with Gasteiger partial charge < -0.3 is 10.5 Å². The van der Waals surface area contributed by atoms with Gasteiger partial charge in [-0.2, -0.15) is 0 Å². The van der Waals surface area contributed by atoms with Gasteiger partial charge in [0.05, 0.1) is 7.11 Å². The number of likely N-dealkylation sites (tertiary alicyclic amines) is 1. The molecule has 1 fully saturated rings. The lowest BCUT2D eigenvalue weighted by atomic mass is 10.1. The molecule has 3 nitrogen and oxygen atoms in total. The first-order valence-corrected chi connectivity index (χ1v) is 6.36. The molecule has 0 bridgehead atoms. The summed E-state index contributed by atoms with van der Waals surface area (Å²) in [5.74, 6) is 0.929. The zero-order valence-electron chi connectivity index (χ0n) is 10.7. The van der Waals surface area contributed by atoms with Crippen LogP contribution in [0.1, 0.15) is 31.4 Å². The van der Waals surface area contributed by atoms with Crippen molar-refractivity contribution in [2.45, 2.75) is 31.8 Å². The molecule has 2 unspecified atom stereocenters. The maximum atomic E-state index is 5.83. The Hall–Kier alpha value is -1.06. The van der Waals surface area contributed by atoms with Crippen LogP contribution >= 0.6 is 0 Å². The van der Waals surface area contributed by atoms with Gasteiger partial charge in [-0.05, 0) is 44.0 Å². The van der Waals surface area contributed by atoms with Crippen LogP contribution in [-0.2, 0) is 0 Å². The van der Waals surface area contributed by atoms with E-state index in [1.54, 1.807) is 7.11 Å². The summed E-state index contributed by atoms with van der Waals surface area (Å²) in [6, 6.07) is 9.28. The van der Waals surface area contributed by atoms with Gasteiger partial charge in [0.25, 0.3) is 0 Å². The Bertz CT molecular complexity index is 367. The molecule has 0 radical (unpaired) electrons. The second-order valence-electron chi connectivity index (χ2n) is 4.72. The average molecular weight is 234 g/mol. The van der Waals surface area contributed by atoms with E-state index < -0.39 is 0 Å². The van der Waals surface area contributed by atoms with E-state index in [0.717, 1.165) is 18.8 Å². The fourth-order valence-corrected chi connectivity index (χ4v) is 2.71. The van der Waals surface area contributed by atoms with Crippen molar-refractivity contribution in [1.29, 1.82) is 0 Å². The molecule has 1 aromatic carbocycles.